The molecule has 1 amide bonds. The van der Waals surface area contributed by atoms with Crippen LogP contribution in [0.1, 0.15) is 11.1 Å². The fourth-order valence-electron chi connectivity index (χ4n) is 3.72. The van der Waals surface area contributed by atoms with E-state index in [2.05, 4.69) is 15.3 Å². The average molecular weight is 536 g/mol. The first-order chi connectivity index (χ1) is 18.4. The van der Waals surface area contributed by atoms with Crippen LogP contribution in [0.5, 0.6) is 11.6 Å². The smallest absolute Gasteiger partial charge is 0.326 e. The highest BCUT2D eigenvalue weighted by Crippen LogP contribution is 2.38. The first-order valence-corrected chi connectivity index (χ1v) is 12.9. The number of nitrogens with one attached hydrogen (secondary N) is 2. The molecule has 0 unspecified atom stereocenters. The molecule has 0 bridgehead atoms. The Hall–Kier alpha value is -4.71. The summed E-state index contributed by atoms with van der Waals surface area (Å²) < 4.78 is 54.4. The highest BCUT2D eigenvalue weighted by atomic mass is 32.2. The summed E-state index contributed by atoms with van der Waals surface area (Å²) in [6, 6.07) is 22.7. The Bertz CT molecular complexity index is 1560. The predicted octanol–water partition coefficient (Wildman–Crippen LogP) is 3.70. The van der Waals surface area contributed by atoms with Crippen LogP contribution in [0.25, 0.3) is 0 Å². The molecule has 2 heterocycles. The number of rotatable bonds is 9. The van der Waals surface area contributed by atoms with Gasteiger partial charge < -0.3 is 14.8 Å². The van der Waals surface area contributed by atoms with Crippen molar-refractivity contribution in [3.63, 3.8) is 0 Å². The molecular formula is C26H22FN5O5S. The van der Waals surface area contributed by atoms with Gasteiger partial charge in [0.25, 0.3) is 5.91 Å². The molecule has 1 saturated heterocycles. The van der Waals surface area contributed by atoms with E-state index in [1.54, 1.807) is 6.07 Å². The normalized spacial score (nSPS) is 14.1. The van der Waals surface area contributed by atoms with E-state index < -0.39 is 28.5 Å². The third kappa shape index (κ3) is 5.81. The molecule has 12 heteroatoms. The maximum atomic E-state index is 15.4. The van der Waals surface area contributed by atoms with Crippen molar-refractivity contribution in [1.82, 2.24) is 14.7 Å². The van der Waals surface area contributed by atoms with Crippen LogP contribution in [-0.2, 0) is 28.2 Å². The lowest BCUT2D eigenvalue weighted by molar-refractivity contribution is -0.117. The minimum Gasteiger partial charge on any atom is -0.487 e. The molecule has 0 aliphatic carbocycles. The van der Waals surface area contributed by atoms with Crippen LogP contribution in [0, 0.1) is 5.82 Å². The Balaban J connectivity index is 1.41. The lowest BCUT2D eigenvalue weighted by Gasteiger charge is -2.21. The second kappa shape index (κ2) is 10.7. The van der Waals surface area contributed by atoms with Crippen LogP contribution in [0.2, 0.25) is 0 Å². The number of benzene rings is 3. The topological polar surface area (TPSA) is 123 Å². The molecule has 0 spiro atoms. The number of ether oxygens (including phenoxy) is 2. The van der Waals surface area contributed by atoms with E-state index in [0.29, 0.717) is 16.8 Å². The quantitative estimate of drug-likeness (QED) is 0.333. The molecule has 194 valence electrons. The summed E-state index contributed by atoms with van der Waals surface area (Å²) in [5.41, 5.74) is 1.56. The Kier molecular flexibility index (Phi) is 7.05. The molecule has 1 aliphatic rings. The number of carbonyl (C=O) groups excluding carboxylic acids is 1. The number of carbonyl (C=O) groups is 1. The molecular weight excluding hydrogens is 513 g/mol. The lowest BCUT2D eigenvalue weighted by Crippen LogP contribution is -2.30. The number of hydrogen-bond acceptors (Lipinski definition) is 8. The van der Waals surface area contributed by atoms with E-state index in [1.807, 2.05) is 65.4 Å². The van der Waals surface area contributed by atoms with E-state index >= 15 is 4.39 Å². The number of anilines is 3. The molecule has 0 saturated carbocycles. The van der Waals surface area contributed by atoms with Crippen molar-refractivity contribution in [3.8, 4) is 11.6 Å². The summed E-state index contributed by atoms with van der Waals surface area (Å²) in [5.74, 6) is -1.36. The van der Waals surface area contributed by atoms with E-state index in [1.165, 1.54) is 12.3 Å². The molecule has 1 fully saturated rings. The molecule has 2 N–H and O–H groups in total. The molecule has 4 aromatic rings. The fourth-order valence-corrected chi connectivity index (χ4v) is 4.89. The van der Waals surface area contributed by atoms with Gasteiger partial charge in [-0.2, -0.15) is 13.4 Å². The van der Waals surface area contributed by atoms with E-state index in [9.17, 15) is 13.2 Å². The molecule has 3 aromatic carbocycles. The maximum Gasteiger partial charge on any atom is 0.326 e. The van der Waals surface area contributed by atoms with Gasteiger partial charge >= 0.3 is 10.2 Å². The Morgan fingerprint density at radius 3 is 2.24 bits per heavy atom. The minimum atomic E-state index is -4.27. The van der Waals surface area contributed by atoms with Gasteiger partial charge in [-0.15, -0.1) is 0 Å². The lowest BCUT2D eigenvalue weighted by atomic mass is 10.2. The van der Waals surface area contributed by atoms with Gasteiger partial charge in [0, 0.05) is 24.0 Å². The van der Waals surface area contributed by atoms with Gasteiger partial charge in [-0.25, -0.2) is 18.4 Å². The standard InChI is InChI=1S/C26H22FN5O5S/c27-21-13-20(29-26-28-12-11-24(30-26)37-17-19-9-5-2-6-10-19)14-22(36-16-18-7-3-1-4-8-18)25(21)32-15-23(33)31-38(32,34)35/h1-14H,15-17H2,(H,31,33)(H,28,29,30). The molecule has 1 aliphatic heterocycles. The number of halogens is 1. The van der Waals surface area contributed by atoms with Gasteiger partial charge in [0.1, 0.15) is 31.2 Å². The first kappa shape index (κ1) is 25.0. The summed E-state index contributed by atoms with van der Waals surface area (Å²) in [7, 11) is -4.27. The van der Waals surface area contributed by atoms with E-state index in [0.717, 1.165) is 17.2 Å². The van der Waals surface area contributed by atoms with Crippen molar-refractivity contribution in [2.24, 2.45) is 0 Å². The third-order valence-corrected chi connectivity index (χ3v) is 6.83. The third-order valence-electron chi connectivity index (χ3n) is 5.45. The highest BCUT2D eigenvalue weighted by molar-refractivity contribution is 7.92. The number of hydrogen-bond donors (Lipinski definition) is 2. The second-order valence-electron chi connectivity index (χ2n) is 8.23. The van der Waals surface area contributed by atoms with Crippen LogP contribution >= 0.6 is 0 Å². The van der Waals surface area contributed by atoms with Crippen LogP contribution in [0.3, 0.4) is 0 Å². The molecule has 1 aromatic heterocycles. The number of amides is 1. The van der Waals surface area contributed by atoms with Crippen molar-refractivity contribution >= 4 is 33.4 Å². The molecule has 38 heavy (non-hydrogen) atoms. The summed E-state index contributed by atoms with van der Waals surface area (Å²) in [6.45, 7) is -0.238. The summed E-state index contributed by atoms with van der Waals surface area (Å²) in [4.78, 5) is 20.2. The molecule has 5 rings (SSSR count). The zero-order valence-electron chi connectivity index (χ0n) is 19.9. The van der Waals surface area contributed by atoms with Crippen molar-refractivity contribution in [1.29, 1.82) is 0 Å². The summed E-state index contributed by atoms with van der Waals surface area (Å²) in [6.07, 6.45) is 1.49. The zero-order chi connectivity index (χ0) is 26.5. The Labute approximate surface area is 218 Å². The maximum absolute atomic E-state index is 15.4. The van der Waals surface area contributed by atoms with Gasteiger partial charge in [0.15, 0.2) is 5.82 Å². The van der Waals surface area contributed by atoms with Crippen molar-refractivity contribution < 1.29 is 27.1 Å². The molecule has 0 atom stereocenters. The van der Waals surface area contributed by atoms with Gasteiger partial charge in [0.2, 0.25) is 11.8 Å². The summed E-state index contributed by atoms with van der Waals surface area (Å²) >= 11 is 0. The van der Waals surface area contributed by atoms with Crippen molar-refractivity contribution in [2.45, 2.75) is 13.2 Å². The molecule has 0 radical (unpaired) electrons. The SMILES string of the molecule is O=C1CN(c2c(F)cc(Nc3nccc(OCc4ccccc4)n3)cc2OCc2ccccc2)S(=O)(=O)N1. The van der Waals surface area contributed by atoms with Crippen LogP contribution in [0.15, 0.2) is 85.1 Å². The van der Waals surface area contributed by atoms with E-state index in [4.69, 9.17) is 9.47 Å². The first-order valence-electron chi connectivity index (χ1n) is 11.5. The van der Waals surface area contributed by atoms with Gasteiger partial charge in [0.05, 0.1) is 0 Å². The van der Waals surface area contributed by atoms with Crippen molar-refractivity contribution in [3.05, 3.63) is 102 Å². The second-order valence-corrected chi connectivity index (χ2v) is 9.83. The number of aromatic nitrogens is 2. The molecule has 10 nitrogen and oxygen atoms in total. The fraction of sp³-hybridized carbons (Fsp3) is 0.115. The van der Waals surface area contributed by atoms with Gasteiger partial charge in [-0.3, -0.25) is 4.79 Å². The van der Waals surface area contributed by atoms with Crippen molar-refractivity contribution in [2.75, 3.05) is 16.2 Å². The highest BCUT2D eigenvalue weighted by Gasteiger charge is 2.38. The minimum absolute atomic E-state index is 0.0330. The number of nitrogens with zero attached hydrogens (tertiary/aromatic N) is 3. The monoisotopic (exact) mass is 535 g/mol. The van der Waals surface area contributed by atoms with Crippen LogP contribution in [-0.4, -0.2) is 30.8 Å². The Morgan fingerprint density at radius 1 is 0.947 bits per heavy atom. The largest absolute Gasteiger partial charge is 0.487 e. The van der Waals surface area contributed by atoms with Crippen LogP contribution in [0.4, 0.5) is 21.7 Å². The Morgan fingerprint density at radius 2 is 1.61 bits per heavy atom. The van der Waals surface area contributed by atoms with E-state index in [-0.39, 0.29) is 29.7 Å². The van der Waals surface area contributed by atoms with Crippen LogP contribution < -0.4 is 23.8 Å². The van der Waals surface area contributed by atoms with Gasteiger partial charge in [-0.05, 0) is 17.2 Å². The summed E-state index contributed by atoms with van der Waals surface area (Å²) in [5, 5.41) is 2.90. The van der Waals surface area contributed by atoms with Gasteiger partial charge in [-0.1, -0.05) is 60.7 Å². The average Bonchev–Trinajstić information content (AvgIpc) is 3.18. The zero-order valence-corrected chi connectivity index (χ0v) is 20.7. The predicted molar refractivity (Wildman–Crippen MR) is 138 cm³/mol.